The molecule has 0 fully saturated rings. The van der Waals surface area contributed by atoms with Gasteiger partial charge in [0.25, 0.3) is 0 Å². The molecule has 0 aliphatic rings. The van der Waals surface area contributed by atoms with Gasteiger partial charge in [-0.25, -0.2) is 9.07 Å². The molecule has 0 atom stereocenters. The molecule has 3 N–H and O–H groups in total. The van der Waals surface area contributed by atoms with Crippen LogP contribution in [0.3, 0.4) is 0 Å². The number of hydrogen-bond donors (Lipinski definition) is 2. The van der Waals surface area contributed by atoms with Crippen LogP contribution in [0.5, 0.6) is 0 Å². The fraction of sp³-hybridized carbons (Fsp3) is 0.118. The van der Waals surface area contributed by atoms with E-state index in [9.17, 15) is 9.18 Å². The summed E-state index contributed by atoms with van der Waals surface area (Å²) >= 11 is 7.14. The van der Waals surface area contributed by atoms with Gasteiger partial charge < -0.3 is 11.2 Å². The summed E-state index contributed by atoms with van der Waals surface area (Å²) in [6.45, 7) is 1.82. The van der Waals surface area contributed by atoms with Crippen molar-refractivity contribution in [2.75, 3.05) is 16.9 Å². The molecule has 134 valence electrons. The molecule has 0 aliphatic carbocycles. The number of amides is 1. The summed E-state index contributed by atoms with van der Waals surface area (Å²) in [5.41, 5.74) is 1.68. The Morgan fingerprint density at radius 1 is 1.27 bits per heavy atom. The van der Waals surface area contributed by atoms with E-state index < -0.39 is 5.82 Å². The first-order chi connectivity index (χ1) is 12.5. The standard InChI is InChI=1S/C17H15ClFN5OS/c1-10-12(18)6-4-8-14(10)21-15(25)9-26-17-23-22-16(24(17)20)11-5-2-3-7-13(11)19/h2-8H,9,20H2,1H3,(H,21,25). The number of halogens is 2. The molecule has 1 aromatic heterocycles. The summed E-state index contributed by atoms with van der Waals surface area (Å²) in [4.78, 5) is 12.2. The number of carbonyl (C=O) groups excluding carboxylic acids is 1. The molecular formula is C17H15ClFN5OS. The van der Waals surface area contributed by atoms with Crippen LogP contribution in [0.2, 0.25) is 5.02 Å². The van der Waals surface area contributed by atoms with E-state index in [-0.39, 0.29) is 23.0 Å². The molecule has 2 aromatic carbocycles. The first-order valence-electron chi connectivity index (χ1n) is 7.60. The van der Waals surface area contributed by atoms with E-state index in [0.29, 0.717) is 15.9 Å². The van der Waals surface area contributed by atoms with Crippen LogP contribution in [-0.4, -0.2) is 26.5 Å². The summed E-state index contributed by atoms with van der Waals surface area (Å²) < 4.78 is 15.0. The zero-order valence-electron chi connectivity index (χ0n) is 13.7. The summed E-state index contributed by atoms with van der Waals surface area (Å²) in [6, 6.07) is 11.4. The molecule has 0 saturated carbocycles. The number of hydrogen-bond acceptors (Lipinski definition) is 5. The number of nitrogens with zero attached hydrogens (tertiary/aromatic N) is 3. The number of thioether (sulfide) groups is 1. The molecule has 3 aromatic rings. The molecule has 3 rings (SSSR count). The Bertz CT molecular complexity index is 962. The van der Waals surface area contributed by atoms with Crippen molar-refractivity contribution in [3.05, 3.63) is 58.9 Å². The van der Waals surface area contributed by atoms with Crippen molar-refractivity contribution < 1.29 is 9.18 Å². The third kappa shape index (κ3) is 3.81. The Kier molecular flexibility index (Phi) is 5.43. The number of anilines is 1. The second-order valence-corrected chi connectivity index (χ2v) is 6.75. The van der Waals surface area contributed by atoms with E-state index in [1.807, 2.05) is 6.92 Å². The van der Waals surface area contributed by atoms with Crippen molar-refractivity contribution in [3.63, 3.8) is 0 Å². The Hall–Kier alpha value is -2.58. The van der Waals surface area contributed by atoms with Gasteiger partial charge in [-0.15, -0.1) is 10.2 Å². The molecule has 9 heteroatoms. The van der Waals surface area contributed by atoms with Crippen LogP contribution < -0.4 is 11.2 Å². The molecule has 6 nitrogen and oxygen atoms in total. The summed E-state index contributed by atoms with van der Waals surface area (Å²) in [5, 5.41) is 11.5. The Balaban J connectivity index is 1.68. The van der Waals surface area contributed by atoms with E-state index >= 15 is 0 Å². The topological polar surface area (TPSA) is 85.8 Å². The van der Waals surface area contributed by atoms with Gasteiger partial charge in [-0.2, -0.15) is 0 Å². The van der Waals surface area contributed by atoms with Crippen LogP contribution in [0.4, 0.5) is 10.1 Å². The van der Waals surface area contributed by atoms with Gasteiger partial charge in [0.15, 0.2) is 5.82 Å². The fourth-order valence-corrected chi connectivity index (χ4v) is 3.09. The molecular weight excluding hydrogens is 377 g/mol. The maximum absolute atomic E-state index is 13.9. The van der Waals surface area contributed by atoms with Gasteiger partial charge in [-0.1, -0.05) is 41.6 Å². The molecule has 26 heavy (non-hydrogen) atoms. The Labute approximate surface area is 158 Å². The van der Waals surface area contributed by atoms with E-state index in [1.165, 1.54) is 10.7 Å². The minimum Gasteiger partial charge on any atom is -0.335 e. The first kappa shape index (κ1) is 18.2. The summed E-state index contributed by atoms with van der Waals surface area (Å²) in [6.07, 6.45) is 0. The molecule has 1 heterocycles. The normalized spacial score (nSPS) is 10.7. The Morgan fingerprint density at radius 3 is 2.81 bits per heavy atom. The van der Waals surface area contributed by atoms with E-state index in [4.69, 9.17) is 17.4 Å². The number of nitrogens with two attached hydrogens (primary N) is 1. The van der Waals surface area contributed by atoms with Gasteiger partial charge in [0, 0.05) is 10.7 Å². The van der Waals surface area contributed by atoms with E-state index in [2.05, 4.69) is 15.5 Å². The Morgan fingerprint density at radius 2 is 2.04 bits per heavy atom. The molecule has 0 unspecified atom stereocenters. The molecule has 1 amide bonds. The van der Waals surface area contributed by atoms with Crippen molar-refractivity contribution in [1.29, 1.82) is 0 Å². The van der Waals surface area contributed by atoms with Crippen molar-refractivity contribution >= 4 is 35.0 Å². The average Bonchev–Trinajstić information content (AvgIpc) is 2.98. The lowest BCUT2D eigenvalue weighted by Gasteiger charge is -2.09. The summed E-state index contributed by atoms with van der Waals surface area (Å²) in [5.74, 6) is 5.51. The van der Waals surface area contributed by atoms with Crippen molar-refractivity contribution in [2.45, 2.75) is 12.1 Å². The number of rotatable bonds is 5. The van der Waals surface area contributed by atoms with Crippen LogP contribution in [0, 0.1) is 12.7 Å². The number of nitrogens with one attached hydrogen (secondary N) is 1. The van der Waals surface area contributed by atoms with Gasteiger partial charge in [0.1, 0.15) is 5.82 Å². The highest BCUT2D eigenvalue weighted by Crippen LogP contribution is 2.25. The number of nitrogen functional groups attached to an aromatic ring is 1. The van der Waals surface area contributed by atoms with Gasteiger partial charge in [0.05, 0.1) is 11.3 Å². The zero-order chi connectivity index (χ0) is 18.7. The number of carbonyl (C=O) groups is 1. The lowest BCUT2D eigenvalue weighted by molar-refractivity contribution is -0.113. The highest BCUT2D eigenvalue weighted by atomic mass is 35.5. The summed E-state index contributed by atoms with van der Waals surface area (Å²) in [7, 11) is 0. The lowest BCUT2D eigenvalue weighted by Crippen LogP contribution is -2.17. The highest BCUT2D eigenvalue weighted by Gasteiger charge is 2.16. The third-order valence-corrected chi connectivity index (χ3v) is 5.01. The molecule has 0 bridgehead atoms. The SMILES string of the molecule is Cc1c(Cl)cccc1NC(=O)CSc1nnc(-c2ccccc2F)n1N. The van der Waals surface area contributed by atoms with Crippen LogP contribution in [0.25, 0.3) is 11.4 Å². The predicted octanol–water partition coefficient (Wildman–Crippen LogP) is 3.49. The van der Waals surface area contributed by atoms with Crippen LogP contribution >= 0.6 is 23.4 Å². The largest absolute Gasteiger partial charge is 0.335 e. The maximum Gasteiger partial charge on any atom is 0.234 e. The monoisotopic (exact) mass is 391 g/mol. The minimum absolute atomic E-state index is 0.0680. The molecule has 0 radical (unpaired) electrons. The minimum atomic E-state index is -0.447. The smallest absolute Gasteiger partial charge is 0.234 e. The zero-order valence-corrected chi connectivity index (χ0v) is 15.3. The van der Waals surface area contributed by atoms with Crippen LogP contribution in [0.15, 0.2) is 47.6 Å². The molecule has 0 aliphatic heterocycles. The van der Waals surface area contributed by atoms with Gasteiger partial charge in [-0.3, -0.25) is 4.79 Å². The van der Waals surface area contributed by atoms with Gasteiger partial charge in [0.2, 0.25) is 11.1 Å². The third-order valence-electron chi connectivity index (χ3n) is 3.65. The van der Waals surface area contributed by atoms with E-state index in [0.717, 1.165) is 17.3 Å². The van der Waals surface area contributed by atoms with Gasteiger partial charge in [-0.05, 0) is 36.8 Å². The lowest BCUT2D eigenvalue weighted by atomic mass is 10.2. The number of aromatic nitrogens is 3. The van der Waals surface area contributed by atoms with Crippen molar-refractivity contribution in [3.8, 4) is 11.4 Å². The van der Waals surface area contributed by atoms with E-state index in [1.54, 1.807) is 36.4 Å². The van der Waals surface area contributed by atoms with Crippen molar-refractivity contribution in [1.82, 2.24) is 14.9 Å². The second kappa shape index (κ2) is 7.76. The average molecular weight is 392 g/mol. The van der Waals surface area contributed by atoms with Crippen molar-refractivity contribution in [2.24, 2.45) is 0 Å². The molecule has 0 spiro atoms. The maximum atomic E-state index is 13.9. The quantitative estimate of drug-likeness (QED) is 0.513. The first-order valence-corrected chi connectivity index (χ1v) is 8.97. The second-order valence-electron chi connectivity index (χ2n) is 5.41. The highest BCUT2D eigenvalue weighted by molar-refractivity contribution is 7.99. The number of benzene rings is 2. The van der Waals surface area contributed by atoms with Crippen LogP contribution in [-0.2, 0) is 4.79 Å². The molecule has 0 saturated heterocycles. The predicted molar refractivity (Wildman–Crippen MR) is 101 cm³/mol. The van der Waals surface area contributed by atoms with Crippen LogP contribution in [0.1, 0.15) is 5.56 Å². The fourth-order valence-electron chi connectivity index (χ4n) is 2.26. The van der Waals surface area contributed by atoms with Gasteiger partial charge >= 0.3 is 0 Å².